The predicted molar refractivity (Wildman–Crippen MR) is 122 cm³/mol. The molecule has 4 aromatic rings. The number of carbonyl (C=O) groups is 1. The summed E-state index contributed by atoms with van der Waals surface area (Å²) in [5.41, 5.74) is 3.15. The minimum Gasteiger partial charge on any atom is -0.288 e. The van der Waals surface area contributed by atoms with Crippen LogP contribution in [-0.4, -0.2) is 20.2 Å². The molecule has 162 valence electrons. The van der Waals surface area contributed by atoms with Crippen molar-refractivity contribution in [3.05, 3.63) is 115 Å². The number of fused-ring (bicyclic) bond motifs is 1. The van der Waals surface area contributed by atoms with Gasteiger partial charge in [0.1, 0.15) is 0 Å². The zero-order chi connectivity index (χ0) is 22.7. The summed E-state index contributed by atoms with van der Waals surface area (Å²) in [6.07, 6.45) is 0.535. The third-order valence-electron chi connectivity index (χ3n) is 5.32. The first-order valence-electron chi connectivity index (χ1n) is 9.99. The molecule has 1 amide bonds. The molecule has 0 atom stereocenters. The van der Waals surface area contributed by atoms with Gasteiger partial charge in [0, 0.05) is 12.1 Å². The van der Waals surface area contributed by atoms with Crippen LogP contribution in [0.1, 0.15) is 21.5 Å². The molecule has 4 rings (SSSR count). The number of benzene rings is 3. The van der Waals surface area contributed by atoms with Gasteiger partial charge in [-0.3, -0.25) is 23.9 Å². The molecule has 8 heteroatoms. The highest BCUT2D eigenvalue weighted by atomic mass is 35.5. The minimum atomic E-state index is -0.628. The molecule has 32 heavy (non-hydrogen) atoms. The van der Waals surface area contributed by atoms with Gasteiger partial charge in [-0.25, -0.2) is 10.3 Å². The fraction of sp³-hybridized carbons (Fsp3) is 0.125. The van der Waals surface area contributed by atoms with Crippen molar-refractivity contribution in [2.45, 2.75) is 19.5 Å². The summed E-state index contributed by atoms with van der Waals surface area (Å²) in [5, 5.41) is 9.45. The van der Waals surface area contributed by atoms with Crippen LogP contribution < -0.4 is 16.7 Å². The van der Waals surface area contributed by atoms with Crippen molar-refractivity contribution >= 4 is 28.4 Å². The van der Waals surface area contributed by atoms with Crippen molar-refractivity contribution in [1.29, 1.82) is 0 Å². The van der Waals surface area contributed by atoms with E-state index in [0.29, 0.717) is 22.3 Å². The number of para-hydroxylation sites is 1. The smallest absolute Gasteiger partial charge is 0.288 e. The summed E-state index contributed by atoms with van der Waals surface area (Å²) in [6.45, 7) is 0.394. The van der Waals surface area contributed by atoms with Gasteiger partial charge in [-0.1, -0.05) is 60.1 Å². The van der Waals surface area contributed by atoms with Crippen molar-refractivity contribution in [1.82, 2.24) is 14.6 Å². The molecule has 0 radical (unpaired) electrons. The summed E-state index contributed by atoms with van der Waals surface area (Å²) in [4.78, 5) is 38.0. The molecule has 2 N–H and O–H groups in total. The Morgan fingerprint density at radius 3 is 2.28 bits per heavy atom. The van der Waals surface area contributed by atoms with E-state index in [1.54, 1.807) is 47.9 Å². The fourth-order valence-corrected chi connectivity index (χ4v) is 3.95. The van der Waals surface area contributed by atoms with E-state index in [0.717, 1.165) is 11.1 Å². The molecule has 0 unspecified atom stereocenters. The molecule has 0 aliphatic heterocycles. The average Bonchev–Trinajstić information content (AvgIpc) is 2.82. The molecule has 1 heterocycles. The Bertz CT molecular complexity index is 1390. The van der Waals surface area contributed by atoms with Crippen LogP contribution in [0.15, 0.2) is 82.4 Å². The summed E-state index contributed by atoms with van der Waals surface area (Å²) in [7, 11) is 0. The Morgan fingerprint density at radius 2 is 1.59 bits per heavy atom. The Balaban J connectivity index is 1.79. The Kier molecular flexibility index (Phi) is 6.20. The minimum absolute atomic E-state index is 0.158. The number of aryl methyl sites for hydroxylation is 1. The number of rotatable bonds is 6. The summed E-state index contributed by atoms with van der Waals surface area (Å²) in [6, 6.07) is 21.1. The van der Waals surface area contributed by atoms with Gasteiger partial charge in [-0.15, -0.1) is 0 Å². The maximum Gasteiger partial charge on any atom is 0.331 e. The molecule has 3 aromatic carbocycles. The lowest BCUT2D eigenvalue weighted by atomic mass is 10.1. The summed E-state index contributed by atoms with van der Waals surface area (Å²) >= 11 is 6.39. The van der Waals surface area contributed by atoms with Crippen LogP contribution in [0.3, 0.4) is 0 Å². The molecule has 0 fully saturated rings. The van der Waals surface area contributed by atoms with Crippen LogP contribution in [-0.2, 0) is 19.5 Å². The number of hydrogen-bond acceptors (Lipinski definition) is 4. The topological polar surface area (TPSA) is 93.3 Å². The molecule has 1 aromatic heterocycles. The Hall–Kier alpha value is -3.68. The van der Waals surface area contributed by atoms with E-state index in [9.17, 15) is 14.4 Å². The lowest BCUT2D eigenvalue weighted by Crippen LogP contribution is -2.40. The zero-order valence-electron chi connectivity index (χ0n) is 17.0. The lowest BCUT2D eigenvalue weighted by Gasteiger charge is -2.15. The summed E-state index contributed by atoms with van der Waals surface area (Å²) < 4.78 is 2.71. The third-order valence-corrected chi connectivity index (χ3v) is 5.62. The number of hydrogen-bond donors (Lipinski definition) is 2. The highest BCUT2D eigenvalue weighted by molar-refractivity contribution is 6.35. The summed E-state index contributed by atoms with van der Waals surface area (Å²) in [5.74, 6) is -0.628. The van der Waals surface area contributed by atoms with Crippen LogP contribution in [0.2, 0.25) is 5.02 Å². The van der Waals surface area contributed by atoms with E-state index >= 15 is 0 Å². The van der Waals surface area contributed by atoms with Gasteiger partial charge in [0.15, 0.2) is 0 Å². The van der Waals surface area contributed by atoms with Gasteiger partial charge >= 0.3 is 5.69 Å². The van der Waals surface area contributed by atoms with E-state index in [1.807, 2.05) is 30.3 Å². The molecule has 7 nitrogen and oxygen atoms in total. The number of aromatic nitrogens is 2. The second-order valence-corrected chi connectivity index (χ2v) is 7.74. The molecular weight excluding hydrogens is 430 g/mol. The highest BCUT2D eigenvalue weighted by Crippen LogP contribution is 2.21. The molecule has 0 aliphatic carbocycles. The third kappa shape index (κ3) is 4.21. The van der Waals surface area contributed by atoms with Crippen molar-refractivity contribution in [3.8, 4) is 0 Å². The van der Waals surface area contributed by atoms with Crippen LogP contribution >= 0.6 is 11.6 Å². The molecular formula is C24H20ClN3O4. The first-order valence-corrected chi connectivity index (χ1v) is 10.4. The second kappa shape index (κ2) is 9.21. The van der Waals surface area contributed by atoms with Crippen molar-refractivity contribution in [2.24, 2.45) is 0 Å². The van der Waals surface area contributed by atoms with Crippen LogP contribution in [0, 0.1) is 0 Å². The SMILES string of the molecule is O=C(NO)c1ccc(Cn2c(=O)n(CCc3ccccc3)c(=O)c3cccc(Cl)c32)cc1. The Morgan fingerprint density at radius 1 is 0.875 bits per heavy atom. The van der Waals surface area contributed by atoms with Crippen molar-refractivity contribution in [3.63, 3.8) is 0 Å². The normalized spacial score (nSPS) is 10.9. The number of amides is 1. The van der Waals surface area contributed by atoms with Crippen LogP contribution in [0.4, 0.5) is 0 Å². The molecule has 0 saturated carbocycles. The van der Waals surface area contributed by atoms with E-state index in [4.69, 9.17) is 16.8 Å². The van der Waals surface area contributed by atoms with Gasteiger partial charge in [0.2, 0.25) is 0 Å². The average molecular weight is 450 g/mol. The fourth-order valence-electron chi connectivity index (χ4n) is 3.67. The number of carbonyl (C=O) groups excluding carboxylic acids is 1. The Labute approximate surface area is 188 Å². The van der Waals surface area contributed by atoms with E-state index in [2.05, 4.69) is 0 Å². The van der Waals surface area contributed by atoms with Gasteiger partial charge in [0.05, 0.1) is 22.5 Å². The predicted octanol–water partition coefficient (Wildman–Crippen LogP) is 3.23. The highest BCUT2D eigenvalue weighted by Gasteiger charge is 2.16. The monoisotopic (exact) mass is 449 g/mol. The first-order chi connectivity index (χ1) is 15.5. The van der Waals surface area contributed by atoms with E-state index in [1.165, 1.54) is 9.13 Å². The van der Waals surface area contributed by atoms with Gasteiger partial charge in [0.25, 0.3) is 11.5 Å². The van der Waals surface area contributed by atoms with E-state index in [-0.39, 0.29) is 24.2 Å². The van der Waals surface area contributed by atoms with E-state index < -0.39 is 11.6 Å². The zero-order valence-corrected chi connectivity index (χ0v) is 17.7. The maximum absolute atomic E-state index is 13.4. The largest absolute Gasteiger partial charge is 0.331 e. The van der Waals surface area contributed by atoms with Crippen molar-refractivity contribution in [2.75, 3.05) is 0 Å². The van der Waals surface area contributed by atoms with Gasteiger partial charge < -0.3 is 0 Å². The van der Waals surface area contributed by atoms with Gasteiger partial charge in [-0.05, 0) is 41.8 Å². The van der Waals surface area contributed by atoms with Crippen molar-refractivity contribution < 1.29 is 10.0 Å². The number of nitrogens with one attached hydrogen (secondary N) is 1. The molecule has 0 aliphatic rings. The second-order valence-electron chi connectivity index (χ2n) is 7.33. The molecule has 0 saturated heterocycles. The maximum atomic E-state index is 13.4. The number of hydroxylamine groups is 1. The number of nitrogens with zero attached hydrogens (tertiary/aromatic N) is 2. The molecule has 0 spiro atoms. The quantitative estimate of drug-likeness (QED) is 0.349. The van der Waals surface area contributed by atoms with Gasteiger partial charge in [-0.2, -0.15) is 0 Å². The molecule has 0 bridgehead atoms. The lowest BCUT2D eigenvalue weighted by molar-refractivity contribution is 0.0706. The van der Waals surface area contributed by atoms with Crippen LogP contribution in [0.25, 0.3) is 10.9 Å². The first kappa shape index (κ1) is 21.5. The number of halogens is 1. The standard InChI is InChI=1S/C24H20ClN3O4/c25-20-8-4-7-19-21(20)28(15-17-9-11-18(12-10-17)22(29)26-32)24(31)27(23(19)30)14-13-16-5-2-1-3-6-16/h1-12,32H,13-15H2,(H,26,29). The van der Waals surface area contributed by atoms with Crippen LogP contribution in [0.5, 0.6) is 0 Å².